The van der Waals surface area contributed by atoms with E-state index in [0.29, 0.717) is 19.4 Å². The predicted molar refractivity (Wildman–Crippen MR) is 98.2 cm³/mol. The van der Waals surface area contributed by atoms with E-state index in [0.717, 1.165) is 40.0 Å². The second-order valence-electron chi connectivity index (χ2n) is 6.23. The summed E-state index contributed by atoms with van der Waals surface area (Å²) in [7, 11) is 0. The number of H-pyrrole nitrogens is 1. The monoisotopic (exact) mass is 337 g/mol. The Morgan fingerprint density at radius 1 is 1.12 bits per heavy atom. The molecule has 5 nitrogen and oxygen atoms in total. The molecule has 0 aliphatic heterocycles. The number of nitrogens with zero attached hydrogens (tertiary/aromatic N) is 1. The Hall–Kier alpha value is -2.66. The molecule has 0 aliphatic rings. The van der Waals surface area contributed by atoms with Crippen LogP contribution in [0.25, 0.3) is 11.0 Å². The molecule has 1 aromatic heterocycles. The maximum atomic E-state index is 12.0. The van der Waals surface area contributed by atoms with E-state index in [2.05, 4.69) is 15.3 Å². The van der Waals surface area contributed by atoms with E-state index in [9.17, 15) is 4.79 Å². The molecule has 0 bridgehead atoms. The third-order valence-electron chi connectivity index (χ3n) is 4.29. The van der Waals surface area contributed by atoms with E-state index in [-0.39, 0.29) is 12.5 Å². The molecule has 0 saturated heterocycles. The van der Waals surface area contributed by atoms with Gasteiger partial charge >= 0.3 is 0 Å². The van der Waals surface area contributed by atoms with Gasteiger partial charge in [-0.25, -0.2) is 4.98 Å². The zero-order valence-electron chi connectivity index (χ0n) is 14.4. The zero-order valence-corrected chi connectivity index (χ0v) is 14.4. The van der Waals surface area contributed by atoms with Crippen LogP contribution in [0.15, 0.2) is 42.5 Å². The van der Waals surface area contributed by atoms with Gasteiger partial charge in [-0.1, -0.05) is 36.4 Å². The molecule has 0 radical (unpaired) electrons. The molecule has 0 aliphatic carbocycles. The van der Waals surface area contributed by atoms with Crippen LogP contribution in [0.4, 0.5) is 0 Å². The average molecular weight is 337 g/mol. The van der Waals surface area contributed by atoms with Crippen LogP contribution in [0, 0.1) is 6.92 Å². The predicted octanol–water partition coefficient (Wildman–Crippen LogP) is 2.66. The molecule has 0 saturated carbocycles. The molecule has 3 aromatic rings. The standard InChI is InChI=1S/C20H23N3O2/c1-14-3-2-4-17-20(14)23-18(22-17)9-10-19(25)21-12-11-15-5-7-16(13-24)8-6-15/h2-8,24H,9-13H2,1H3,(H,21,25)(H,22,23). The van der Waals surface area contributed by atoms with E-state index >= 15 is 0 Å². The first-order valence-electron chi connectivity index (χ1n) is 8.55. The quantitative estimate of drug-likeness (QED) is 0.620. The summed E-state index contributed by atoms with van der Waals surface area (Å²) in [5, 5.41) is 12.0. The average Bonchev–Trinajstić information content (AvgIpc) is 3.05. The number of benzene rings is 2. The van der Waals surface area contributed by atoms with Crippen molar-refractivity contribution in [3.05, 3.63) is 65.0 Å². The molecule has 25 heavy (non-hydrogen) atoms. The fraction of sp³-hybridized carbons (Fsp3) is 0.300. The van der Waals surface area contributed by atoms with Crippen molar-refractivity contribution in [2.45, 2.75) is 32.8 Å². The van der Waals surface area contributed by atoms with Gasteiger partial charge in [0, 0.05) is 19.4 Å². The Balaban J connectivity index is 1.44. The first kappa shape index (κ1) is 17.2. The van der Waals surface area contributed by atoms with Crippen molar-refractivity contribution in [1.29, 1.82) is 0 Å². The first-order valence-corrected chi connectivity index (χ1v) is 8.55. The van der Waals surface area contributed by atoms with Crippen LogP contribution in [0.2, 0.25) is 0 Å². The number of para-hydroxylation sites is 1. The molecule has 2 aromatic carbocycles. The first-order chi connectivity index (χ1) is 12.2. The molecule has 0 unspecified atom stereocenters. The third kappa shape index (κ3) is 4.45. The number of carbonyl (C=O) groups excluding carboxylic acids is 1. The molecule has 3 rings (SSSR count). The number of aromatic nitrogens is 2. The van der Waals surface area contributed by atoms with Gasteiger partial charge in [-0.2, -0.15) is 0 Å². The highest BCUT2D eigenvalue weighted by Gasteiger charge is 2.07. The van der Waals surface area contributed by atoms with Crippen molar-refractivity contribution in [3.8, 4) is 0 Å². The maximum Gasteiger partial charge on any atom is 0.220 e. The second kappa shape index (κ2) is 7.94. The van der Waals surface area contributed by atoms with Gasteiger partial charge in [0.25, 0.3) is 0 Å². The highest BCUT2D eigenvalue weighted by Crippen LogP contribution is 2.16. The lowest BCUT2D eigenvalue weighted by molar-refractivity contribution is -0.121. The minimum atomic E-state index is 0.0316. The molecule has 1 heterocycles. The molecule has 3 N–H and O–H groups in total. The van der Waals surface area contributed by atoms with Crippen LogP contribution in [0.5, 0.6) is 0 Å². The van der Waals surface area contributed by atoms with Gasteiger partial charge in [0.05, 0.1) is 17.6 Å². The Morgan fingerprint density at radius 2 is 1.88 bits per heavy atom. The van der Waals surface area contributed by atoms with Crippen LogP contribution in [-0.2, 0) is 24.2 Å². The lowest BCUT2D eigenvalue weighted by Gasteiger charge is -2.05. The van der Waals surface area contributed by atoms with Gasteiger partial charge < -0.3 is 15.4 Å². The van der Waals surface area contributed by atoms with Crippen molar-refractivity contribution in [3.63, 3.8) is 0 Å². The van der Waals surface area contributed by atoms with Crippen LogP contribution in [0.1, 0.15) is 28.9 Å². The number of aromatic amines is 1. The zero-order chi connectivity index (χ0) is 17.6. The fourth-order valence-corrected chi connectivity index (χ4v) is 2.82. The number of carbonyl (C=O) groups is 1. The van der Waals surface area contributed by atoms with Gasteiger partial charge in [0.2, 0.25) is 5.91 Å². The van der Waals surface area contributed by atoms with Crippen LogP contribution in [0.3, 0.4) is 0 Å². The summed E-state index contributed by atoms with van der Waals surface area (Å²) in [6, 6.07) is 13.8. The minimum absolute atomic E-state index is 0.0316. The Morgan fingerprint density at radius 3 is 2.60 bits per heavy atom. The number of aliphatic hydroxyl groups excluding tert-OH is 1. The molecule has 130 valence electrons. The largest absolute Gasteiger partial charge is 0.392 e. The molecule has 0 atom stereocenters. The van der Waals surface area contributed by atoms with E-state index in [1.807, 2.05) is 49.4 Å². The lowest BCUT2D eigenvalue weighted by atomic mass is 10.1. The van der Waals surface area contributed by atoms with Gasteiger partial charge in [0.15, 0.2) is 0 Å². The highest BCUT2D eigenvalue weighted by atomic mass is 16.3. The number of nitrogens with one attached hydrogen (secondary N) is 2. The Kier molecular flexibility index (Phi) is 5.46. The molecule has 1 amide bonds. The maximum absolute atomic E-state index is 12.0. The summed E-state index contributed by atoms with van der Waals surface area (Å²) >= 11 is 0. The van der Waals surface area contributed by atoms with Crippen molar-refractivity contribution in [2.24, 2.45) is 0 Å². The Labute approximate surface area is 147 Å². The summed E-state index contributed by atoms with van der Waals surface area (Å²) < 4.78 is 0. The number of rotatable bonds is 7. The van der Waals surface area contributed by atoms with Gasteiger partial charge in [-0.3, -0.25) is 4.79 Å². The number of aryl methyl sites for hydroxylation is 2. The smallest absolute Gasteiger partial charge is 0.220 e. The number of aliphatic hydroxyl groups is 1. The van der Waals surface area contributed by atoms with Crippen molar-refractivity contribution in [2.75, 3.05) is 6.54 Å². The number of amides is 1. The van der Waals surface area contributed by atoms with E-state index in [1.165, 1.54) is 0 Å². The molecular weight excluding hydrogens is 314 g/mol. The number of hydrogen-bond acceptors (Lipinski definition) is 3. The molecular formula is C20H23N3O2. The fourth-order valence-electron chi connectivity index (χ4n) is 2.82. The lowest BCUT2D eigenvalue weighted by Crippen LogP contribution is -2.26. The van der Waals surface area contributed by atoms with Crippen molar-refractivity contribution >= 4 is 16.9 Å². The summed E-state index contributed by atoms with van der Waals surface area (Å²) in [4.78, 5) is 19.8. The van der Waals surface area contributed by atoms with Crippen LogP contribution in [-0.4, -0.2) is 27.5 Å². The van der Waals surface area contributed by atoms with Gasteiger partial charge in [0.1, 0.15) is 5.82 Å². The SMILES string of the molecule is Cc1cccc2[nH]c(CCC(=O)NCCc3ccc(CO)cc3)nc12. The number of imidazole rings is 1. The van der Waals surface area contributed by atoms with E-state index in [1.54, 1.807) is 0 Å². The van der Waals surface area contributed by atoms with Gasteiger partial charge in [-0.15, -0.1) is 0 Å². The summed E-state index contributed by atoms with van der Waals surface area (Å²) in [6.45, 7) is 2.70. The summed E-state index contributed by atoms with van der Waals surface area (Å²) in [6.07, 6.45) is 1.80. The topological polar surface area (TPSA) is 78.0 Å². The summed E-state index contributed by atoms with van der Waals surface area (Å²) in [5.74, 6) is 0.878. The molecule has 5 heteroatoms. The molecule has 0 fully saturated rings. The molecule has 0 spiro atoms. The second-order valence-corrected chi connectivity index (χ2v) is 6.23. The Bertz CT molecular complexity index is 853. The number of hydrogen-bond donors (Lipinski definition) is 3. The minimum Gasteiger partial charge on any atom is -0.392 e. The van der Waals surface area contributed by atoms with Crippen molar-refractivity contribution < 1.29 is 9.90 Å². The normalized spacial score (nSPS) is 11.0. The van der Waals surface area contributed by atoms with Crippen LogP contribution < -0.4 is 5.32 Å². The van der Waals surface area contributed by atoms with E-state index < -0.39 is 0 Å². The van der Waals surface area contributed by atoms with Crippen molar-refractivity contribution in [1.82, 2.24) is 15.3 Å². The van der Waals surface area contributed by atoms with Gasteiger partial charge in [-0.05, 0) is 36.1 Å². The van der Waals surface area contributed by atoms with E-state index in [4.69, 9.17) is 5.11 Å². The van der Waals surface area contributed by atoms with Crippen LogP contribution >= 0.6 is 0 Å². The number of fused-ring (bicyclic) bond motifs is 1. The highest BCUT2D eigenvalue weighted by molar-refractivity contribution is 5.79. The summed E-state index contributed by atoms with van der Waals surface area (Å²) in [5.41, 5.74) is 5.17. The third-order valence-corrected chi connectivity index (χ3v) is 4.29.